The van der Waals surface area contributed by atoms with Crippen molar-refractivity contribution in [3.63, 3.8) is 0 Å². The fourth-order valence-corrected chi connectivity index (χ4v) is 7.10. The van der Waals surface area contributed by atoms with E-state index in [1.807, 2.05) is 54.4 Å². The molecule has 0 saturated heterocycles. The third-order valence-electron chi connectivity index (χ3n) is 9.33. The molecule has 1 N–H and O–H groups in total. The van der Waals surface area contributed by atoms with Crippen LogP contribution < -0.4 is 5.32 Å². The Morgan fingerprint density at radius 3 is 2.26 bits per heavy atom. The summed E-state index contributed by atoms with van der Waals surface area (Å²) in [6, 6.07) is 29.5. The van der Waals surface area contributed by atoms with Crippen LogP contribution in [0.5, 0.6) is 0 Å². The van der Waals surface area contributed by atoms with Crippen LogP contribution in [0.15, 0.2) is 97.2 Å². The molecule has 0 bridgehead atoms. The molecule has 6 heteroatoms. The summed E-state index contributed by atoms with van der Waals surface area (Å²) < 4.78 is 4.40. The van der Waals surface area contributed by atoms with Crippen molar-refractivity contribution in [1.29, 1.82) is 0 Å². The Labute approximate surface area is 251 Å². The quantitative estimate of drug-likeness (QED) is 0.213. The first-order valence-electron chi connectivity index (χ1n) is 15.2. The monoisotopic (exact) mass is 568 g/mol. The second-order valence-corrected chi connectivity index (χ2v) is 11.7. The summed E-state index contributed by atoms with van der Waals surface area (Å²) in [6.07, 6.45) is 2.87. The summed E-state index contributed by atoms with van der Waals surface area (Å²) in [5.41, 5.74) is 6.79. The van der Waals surface area contributed by atoms with Crippen molar-refractivity contribution in [2.75, 3.05) is 5.32 Å². The number of nitrogens with zero attached hydrogens (tertiary/aromatic N) is 3. The van der Waals surface area contributed by atoms with Gasteiger partial charge in [-0.2, -0.15) is 0 Å². The highest BCUT2D eigenvalue weighted by Gasteiger charge is 2.46. The standard InChI is InChI=1S/C37H36N4O2/c1-5-23(3)34(36(42)38-24-19-20-33-29(21-24)25-13-10-12-18-32(25)40(33)6-2)41-35(27-15-7-8-16-28(27)37(41)43)30-22-39(4)31-17-11-9-14-26(30)31/h7-23,34-35H,5-6H2,1-4H3,(H,38,42). The Morgan fingerprint density at radius 1 is 0.814 bits per heavy atom. The van der Waals surface area contributed by atoms with Crippen LogP contribution in [-0.4, -0.2) is 31.9 Å². The number of para-hydroxylation sites is 2. The minimum atomic E-state index is -0.665. The lowest BCUT2D eigenvalue weighted by Crippen LogP contribution is -2.49. The lowest BCUT2D eigenvalue weighted by molar-refractivity contribution is -0.122. The molecule has 2 amide bonds. The zero-order valence-electron chi connectivity index (χ0n) is 25.0. The molecule has 1 aliphatic heterocycles. The maximum Gasteiger partial charge on any atom is 0.255 e. The average Bonchev–Trinajstić information content (AvgIpc) is 3.64. The Bertz CT molecular complexity index is 2030. The SMILES string of the molecule is CCC(C)C(C(=O)Nc1ccc2c(c1)c1ccccc1n2CC)N1C(=O)c2ccccc2C1c1cn(C)c2ccccc12. The number of nitrogens with one attached hydrogen (secondary N) is 1. The molecule has 0 aliphatic carbocycles. The molecule has 0 spiro atoms. The largest absolute Gasteiger partial charge is 0.350 e. The maximum atomic E-state index is 14.4. The first-order valence-corrected chi connectivity index (χ1v) is 15.2. The van der Waals surface area contributed by atoms with Gasteiger partial charge < -0.3 is 19.4 Å². The molecule has 216 valence electrons. The second-order valence-electron chi connectivity index (χ2n) is 11.7. The molecule has 4 aromatic carbocycles. The normalized spacial score (nSPS) is 16.2. The number of carbonyl (C=O) groups is 2. The summed E-state index contributed by atoms with van der Waals surface area (Å²) in [5.74, 6) is -0.337. The van der Waals surface area contributed by atoms with Crippen LogP contribution in [0.3, 0.4) is 0 Å². The van der Waals surface area contributed by atoms with E-state index in [9.17, 15) is 9.59 Å². The van der Waals surface area contributed by atoms with E-state index in [2.05, 4.69) is 89.9 Å². The first-order chi connectivity index (χ1) is 20.9. The van der Waals surface area contributed by atoms with Gasteiger partial charge in [0.25, 0.3) is 5.91 Å². The minimum absolute atomic E-state index is 0.0681. The van der Waals surface area contributed by atoms with Crippen LogP contribution >= 0.6 is 0 Å². The Kier molecular flexibility index (Phi) is 6.57. The molecule has 0 saturated carbocycles. The van der Waals surface area contributed by atoms with Gasteiger partial charge in [0.1, 0.15) is 6.04 Å². The number of carbonyl (C=O) groups excluding carboxylic acids is 2. The minimum Gasteiger partial charge on any atom is -0.350 e. The van der Waals surface area contributed by atoms with Gasteiger partial charge in [0.05, 0.1) is 6.04 Å². The number of fused-ring (bicyclic) bond motifs is 5. The lowest BCUT2D eigenvalue weighted by atomic mass is 9.92. The van der Waals surface area contributed by atoms with Crippen LogP contribution in [0, 0.1) is 5.92 Å². The number of aryl methyl sites for hydroxylation is 2. The summed E-state index contributed by atoms with van der Waals surface area (Å²) in [7, 11) is 2.03. The predicted octanol–water partition coefficient (Wildman–Crippen LogP) is 7.90. The summed E-state index contributed by atoms with van der Waals surface area (Å²) >= 11 is 0. The van der Waals surface area contributed by atoms with E-state index in [-0.39, 0.29) is 23.8 Å². The molecule has 0 radical (unpaired) electrons. The predicted molar refractivity (Wildman–Crippen MR) is 174 cm³/mol. The van der Waals surface area contributed by atoms with Gasteiger partial charge in [0, 0.05) is 69.3 Å². The number of rotatable bonds is 7. The topological polar surface area (TPSA) is 59.3 Å². The number of aromatic nitrogens is 2. The van der Waals surface area contributed by atoms with Crippen molar-refractivity contribution in [3.05, 3.63) is 114 Å². The van der Waals surface area contributed by atoms with E-state index in [1.54, 1.807) is 0 Å². The van der Waals surface area contributed by atoms with Crippen LogP contribution in [0.4, 0.5) is 5.69 Å². The first kappa shape index (κ1) is 27.0. The van der Waals surface area contributed by atoms with Crippen LogP contribution in [0.25, 0.3) is 32.7 Å². The Balaban J connectivity index is 1.33. The van der Waals surface area contributed by atoms with Gasteiger partial charge in [-0.1, -0.05) is 74.9 Å². The van der Waals surface area contributed by atoms with E-state index < -0.39 is 6.04 Å². The summed E-state index contributed by atoms with van der Waals surface area (Å²) in [4.78, 5) is 30.5. The second kappa shape index (κ2) is 10.5. The molecule has 3 atom stereocenters. The van der Waals surface area contributed by atoms with Gasteiger partial charge in [0.15, 0.2) is 0 Å². The van der Waals surface area contributed by atoms with E-state index in [0.717, 1.165) is 57.0 Å². The van der Waals surface area contributed by atoms with Gasteiger partial charge in [-0.15, -0.1) is 0 Å². The van der Waals surface area contributed by atoms with Gasteiger partial charge >= 0.3 is 0 Å². The number of hydrogen-bond acceptors (Lipinski definition) is 2. The van der Waals surface area contributed by atoms with E-state index >= 15 is 0 Å². The number of amides is 2. The van der Waals surface area contributed by atoms with Crippen molar-refractivity contribution < 1.29 is 9.59 Å². The van der Waals surface area contributed by atoms with E-state index in [4.69, 9.17) is 0 Å². The molecular formula is C37H36N4O2. The van der Waals surface area contributed by atoms with Crippen molar-refractivity contribution in [2.45, 2.75) is 45.8 Å². The summed E-state index contributed by atoms with van der Waals surface area (Å²) in [5, 5.41) is 6.59. The molecule has 0 fully saturated rings. The van der Waals surface area contributed by atoms with Crippen LogP contribution in [-0.2, 0) is 18.4 Å². The van der Waals surface area contributed by atoms with Crippen molar-refractivity contribution in [3.8, 4) is 0 Å². The Morgan fingerprint density at radius 2 is 1.49 bits per heavy atom. The molecule has 6 aromatic rings. The zero-order chi connectivity index (χ0) is 29.8. The van der Waals surface area contributed by atoms with Crippen LogP contribution in [0.2, 0.25) is 0 Å². The van der Waals surface area contributed by atoms with Crippen molar-refractivity contribution in [1.82, 2.24) is 14.0 Å². The lowest BCUT2D eigenvalue weighted by Gasteiger charge is -2.36. The Hall–Kier alpha value is -4.84. The number of anilines is 1. The zero-order valence-corrected chi connectivity index (χ0v) is 25.0. The highest BCUT2D eigenvalue weighted by molar-refractivity contribution is 6.10. The highest BCUT2D eigenvalue weighted by Crippen LogP contribution is 2.44. The maximum absolute atomic E-state index is 14.4. The molecule has 7 rings (SSSR count). The fourth-order valence-electron chi connectivity index (χ4n) is 7.10. The molecule has 43 heavy (non-hydrogen) atoms. The molecule has 6 nitrogen and oxygen atoms in total. The molecule has 2 aromatic heterocycles. The van der Waals surface area contributed by atoms with Crippen molar-refractivity contribution >= 4 is 50.2 Å². The molecule has 1 aliphatic rings. The summed E-state index contributed by atoms with van der Waals surface area (Å²) in [6.45, 7) is 7.16. The molecule has 3 unspecified atom stereocenters. The highest BCUT2D eigenvalue weighted by atomic mass is 16.2. The number of hydrogen-bond donors (Lipinski definition) is 1. The van der Waals surface area contributed by atoms with Crippen molar-refractivity contribution in [2.24, 2.45) is 13.0 Å². The smallest absolute Gasteiger partial charge is 0.255 e. The molecular weight excluding hydrogens is 532 g/mol. The third-order valence-corrected chi connectivity index (χ3v) is 9.33. The van der Waals surface area contributed by atoms with Gasteiger partial charge in [-0.3, -0.25) is 9.59 Å². The number of benzene rings is 4. The average molecular weight is 569 g/mol. The van der Waals surface area contributed by atoms with Gasteiger partial charge in [0.2, 0.25) is 5.91 Å². The van der Waals surface area contributed by atoms with Gasteiger partial charge in [-0.05, 0) is 54.8 Å². The third kappa shape index (κ3) is 4.15. The van der Waals surface area contributed by atoms with Crippen LogP contribution in [0.1, 0.15) is 54.7 Å². The van der Waals surface area contributed by atoms with Gasteiger partial charge in [-0.25, -0.2) is 0 Å². The molecule has 3 heterocycles. The van der Waals surface area contributed by atoms with E-state index in [0.29, 0.717) is 5.56 Å². The fraction of sp³-hybridized carbons (Fsp3) is 0.243. The van der Waals surface area contributed by atoms with E-state index in [1.165, 1.54) is 5.52 Å².